The number of hydrogen-bond donors (Lipinski definition) is 1. The van der Waals surface area contributed by atoms with Gasteiger partial charge >= 0.3 is 0 Å². The summed E-state index contributed by atoms with van der Waals surface area (Å²) in [6.45, 7) is 6.22. The van der Waals surface area contributed by atoms with Gasteiger partial charge in [-0.15, -0.1) is 0 Å². The smallest absolute Gasteiger partial charge is 0.107 e. The molecule has 0 saturated heterocycles. The second-order valence-electron chi connectivity index (χ2n) is 3.66. The third kappa shape index (κ3) is 3.37. The molecular formula is C14H22N2. The Balaban J connectivity index is 0.000000606. The number of unbranched alkanes of at least 4 members (excludes halogenated alkanes) is 2. The quantitative estimate of drug-likeness (QED) is 0.760. The van der Waals surface area contributed by atoms with E-state index in [4.69, 9.17) is 0 Å². The summed E-state index contributed by atoms with van der Waals surface area (Å²) < 4.78 is 0. The minimum Gasteiger partial charge on any atom is -0.342 e. The Morgan fingerprint density at radius 1 is 1.12 bits per heavy atom. The van der Waals surface area contributed by atoms with E-state index in [0.29, 0.717) is 0 Å². The molecular weight excluding hydrogens is 196 g/mol. The van der Waals surface area contributed by atoms with Crippen LogP contribution in [0.15, 0.2) is 24.3 Å². The van der Waals surface area contributed by atoms with Gasteiger partial charge in [-0.1, -0.05) is 45.7 Å². The van der Waals surface area contributed by atoms with E-state index in [-0.39, 0.29) is 0 Å². The largest absolute Gasteiger partial charge is 0.342 e. The van der Waals surface area contributed by atoms with E-state index in [0.717, 1.165) is 23.3 Å². The van der Waals surface area contributed by atoms with Gasteiger partial charge in [-0.05, 0) is 18.6 Å². The van der Waals surface area contributed by atoms with Crippen molar-refractivity contribution in [2.75, 3.05) is 0 Å². The van der Waals surface area contributed by atoms with E-state index in [1.807, 2.05) is 26.0 Å². The Morgan fingerprint density at radius 2 is 1.88 bits per heavy atom. The van der Waals surface area contributed by atoms with Crippen LogP contribution in [0.5, 0.6) is 0 Å². The molecule has 0 amide bonds. The molecule has 0 aliphatic carbocycles. The second kappa shape index (κ2) is 7.04. The summed E-state index contributed by atoms with van der Waals surface area (Å²) in [5.41, 5.74) is 2.23. The zero-order valence-electron chi connectivity index (χ0n) is 10.6. The number of para-hydroxylation sites is 2. The number of nitrogens with zero attached hydrogens (tertiary/aromatic N) is 1. The van der Waals surface area contributed by atoms with Crippen LogP contribution in [0.1, 0.15) is 45.9 Å². The topological polar surface area (TPSA) is 28.7 Å². The number of benzene rings is 1. The van der Waals surface area contributed by atoms with Gasteiger partial charge in [0.1, 0.15) is 5.82 Å². The van der Waals surface area contributed by atoms with E-state index >= 15 is 0 Å². The van der Waals surface area contributed by atoms with Crippen LogP contribution in [0.3, 0.4) is 0 Å². The minimum absolute atomic E-state index is 1.07. The summed E-state index contributed by atoms with van der Waals surface area (Å²) in [7, 11) is 0. The number of imidazole rings is 1. The van der Waals surface area contributed by atoms with Gasteiger partial charge in [0.05, 0.1) is 11.0 Å². The van der Waals surface area contributed by atoms with E-state index in [2.05, 4.69) is 29.0 Å². The first-order valence-corrected chi connectivity index (χ1v) is 6.34. The summed E-state index contributed by atoms with van der Waals surface area (Å²) in [4.78, 5) is 7.87. The van der Waals surface area contributed by atoms with Gasteiger partial charge in [0.15, 0.2) is 0 Å². The van der Waals surface area contributed by atoms with Crippen molar-refractivity contribution >= 4 is 11.0 Å². The second-order valence-corrected chi connectivity index (χ2v) is 3.66. The lowest BCUT2D eigenvalue weighted by Crippen LogP contribution is -1.87. The van der Waals surface area contributed by atoms with Gasteiger partial charge < -0.3 is 4.98 Å². The van der Waals surface area contributed by atoms with Crippen LogP contribution in [-0.4, -0.2) is 9.97 Å². The Kier molecular flexibility index (Phi) is 5.62. The molecule has 0 saturated carbocycles. The van der Waals surface area contributed by atoms with Crippen LogP contribution in [0.25, 0.3) is 11.0 Å². The number of hydrogen-bond acceptors (Lipinski definition) is 1. The molecule has 88 valence electrons. The fourth-order valence-corrected chi connectivity index (χ4v) is 1.67. The average Bonchev–Trinajstić information content (AvgIpc) is 2.74. The number of aryl methyl sites for hydroxylation is 1. The first-order chi connectivity index (χ1) is 7.90. The Labute approximate surface area is 98.1 Å². The molecule has 0 unspecified atom stereocenters. The first kappa shape index (κ1) is 12.8. The highest BCUT2D eigenvalue weighted by Crippen LogP contribution is 2.11. The van der Waals surface area contributed by atoms with Crippen LogP contribution in [0.4, 0.5) is 0 Å². The molecule has 2 nitrogen and oxygen atoms in total. The zero-order chi connectivity index (χ0) is 11.8. The van der Waals surface area contributed by atoms with Crippen LogP contribution >= 0.6 is 0 Å². The number of aromatic nitrogens is 2. The minimum atomic E-state index is 1.07. The average molecular weight is 218 g/mol. The fraction of sp³-hybridized carbons (Fsp3) is 0.500. The van der Waals surface area contributed by atoms with Crippen molar-refractivity contribution in [2.45, 2.75) is 46.5 Å². The van der Waals surface area contributed by atoms with Gasteiger partial charge in [0, 0.05) is 6.42 Å². The molecule has 0 bridgehead atoms. The lowest BCUT2D eigenvalue weighted by molar-refractivity contribution is 0.700. The Hall–Kier alpha value is -1.31. The summed E-state index contributed by atoms with van der Waals surface area (Å²) >= 11 is 0. The predicted octanol–water partition coefficient (Wildman–Crippen LogP) is 4.32. The number of H-pyrrole nitrogens is 1. The fourth-order valence-electron chi connectivity index (χ4n) is 1.67. The summed E-state index contributed by atoms with van der Waals surface area (Å²) in [6.07, 6.45) is 4.86. The van der Waals surface area contributed by atoms with Crippen molar-refractivity contribution in [3.8, 4) is 0 Å². The van der Waals surface area contributed by atoms with Crippen LogP contribution in [-0.2, 0) is 6.42 Å². The Bertz CT molecular complexity index is 371. The number of nitrogens with one attached hydrogen (secondary N) is 1. The van der Waals surface area contributed by atoms with Crippen LogP contribution in [0.2, 0.25) is 0 Å². The monoisotopic (exact) mass is 218 g/mol. The van der Waals surface area contributed by atoms with E-state index in [1.165, 1.54) is 19.3 Å². The van der Waals surface area contributed by atoms with Crippen molar-refractivity contribution in [1.29, 1.82) is 0 Å². The molecule has 2 aromatic rings. The lowest BCUT2D eigenvalue weighted by atomic mass is 10.2. The molecule has 0 radical (unpaired) electrons. The molecule has 2 rings (SSSR count). The molecule has 16 heavy (non-hydrogen) atoms. The maximum absolute atomic E-state index is 4.53. The normalized spacial score (nSPS) is 9.94. The van der Waals surface area contributed by atoms with Gasteiger partial charge in [-0.25, -0.2) is 4.98 Å². The summed E-state index contributed by atoms with van der Waals surface area (Å²) in [5, 5.41) is 0. The van der Waals surface area contributed by atoms with E-state index in [9.17, 15) is 0 Å². The molecule has 0 aliphatic rings. The maximum Gasteiger partial charge on any atom is 0.107 e. The number of rotatable bonds is 4. The van der Waals surface area contributed by atoms with Crippen molar-refractivity contribution in [2.24, 2.45) is 0 Å². The molecule has 0 atom stereocenters. The standard InChI is InChI=1S/C12H16N2.C2H6/c1-2-3-4-9-12-13-10-7-5-6-8-11(10)14-12;1-2/h5-8H,2-4,9H2,1H3,(H,13,14);1-2H3. The molecule has 0 aliphatic heterocycles. The van der Waals surface area contributed by atoms with Crippen molar-refractivity contribution in [3.63, 3.8) is 0 Å². The Morgan fingerprint density at radius 3 is 2.56 bits per heavy atom. The van der Waals surface area contributed by atoms with Gasteiger partial charge in [0.2, 0.25) is 0 Å². The summed E-state index contributed by atoms with van der Waals surface area (Å²) in [6, 6.07) is 8.19. The van der Waals surface area contributed by atoms with Crippen LogP contribution in [0, 0.1) is 0 Å². The zero-order valence-corrected chi connectivity index (χ0v) is 10.6. The van der Waals surface area contributed by atoms with Gasteiger partial charge in [0.25, 0.3) is 0 Å². The SMILES string of the molecule is CC.CCCCCc1nc2ccccc2[nH]1. The maximum atomic E-state index is 4.53. The predicted molar refractivity (Wildman–Crippen MR) is 70.7 cm³/mol. The lowest BCUT2D eigenvalue weighted by Gasteiger charge is -1.93. The van der Waals surface area contributed by atoms with Crippen LogP contribution < -0.4 is 0 Å². The molecule has 1 aromatic heterocycles. The van der Waals surface area contributed by atoms with E-state index < -0.39 is 0 Å². The van der Waals surface area contributed by atoms with Gasteiger partial charge in [-0.2, -0.15) is 0 Å². The molecule has 0 spiro atoms. The number of fused-ring (bicyclic) bond motifs is 1. The third-order valence-electron chi connectivity index (χ3n) is 2.46. The molecule has 0 fully saturated rings. The van der Waals surface area contributed by atoms with Crippen molar-refractivity contribution in [3.05, 3.63) is 30.1 Å². The van der Waals surface area contributed by atoms with Crippen molar-refractivity contribution in [1.82, 2.24) is 9.97 Å². The molecule has 2 heteroatoms. The highest BCUT2D eigenvalue weighted by atomic mass is 14.9. The molecule has 1 aromatic carbocycles. The highest BCUT2D eigenvalue weighted by molar-refractivity contribution is 5.74. The summed E-state index contributed by atoms with van der Waals surface area (Å²) in [5.74, 6) is 1.12. The molecule has 1 heterocycles. The van der Waals surface area contributed by atoms with Gasteiger partial charge in [-0.3, -0.25) is 0 Å². The van der Waals surface area contributed by atoms with E-state index in [1.54, 1.807) is 0 Å². The third-order valence-corrected chi connectivity index (χ3v) is 2.46. The number of aromatic amines is 1. The first-order valence-electron chi connectivity index (χ1n) is 6.34. The highest BCUT2D eigenvalue weighted by Gasteiger charge is 2.00. The molecule has 1 N–H and O–H groups in total. The van der Waals surface area contributed by atoms with Crippen molar-refractivity contribution < 1.29 is 0 Å².